The topological polar surface area (TPSA) is 64.6 Å². The smallest absolute Gasteiger partial charge is 0.412 e. The second kappa shape index (κ2) is 6.93. The van der Waals surface area contributed by atoms with E-state index in [1.807, 2.05) is 6.92 Å². The van der Waals surface area contributed by atoms with Gasteiger partial charge in [-0.15, -0.1) is 0 Å². The Morgan fingerprint density at radius 2 is 1.75 bits per heavy atom. The van der Waals surface area contributed by atoms with Gasteiger partial charge in [0.15, 0.2) is 0 Å². The van der Waals surface area contributed by atoms with Crippen LogP contribution >= 0.6 is 0 Å². The summed E-state index contributed by atoms with van der Waals surface area (Å²) in [6, 6.07) is 6.47. The summed E-state index contributed by atoms with van der Waals surface area (Å²) in [5.41, 5.74) is 0.466. The first-order chi connectivity index (χ1) is 9.31. The number of ether oxygens (including phenoxy) is 2. The molecule has 0 aliphatic carbocycles. The van der Waals surface area contributed by atoms with Crippen LogP contribution in [0.3, 0.4) is 0 Å². The van der Waals surface area contributed by atoms with Crippen molar-refractivity contribution in [2.75, 3.05) is 11.9 Å². The van der Waals surface area contributed by atoms with Crippen molar-refractivity contribution >= 4 is 17.7 Å². The summed E-state index contributed by atoms with van der Waals surface area (Å²) in [5, 5.41) is 2.59. The third-order valence-electron chi connectivity index (χ3n) is 2.20. The number of benzene rings is 1. The van der Waals surface area contributed by atoms with Crippen molar-refractivity contribution in [3.05, 3.63) is 29.8 Å². The first-order valence-corrected chi connectivity index (χ1v) is 6.59. The summed E-state index contributed by atoms with van der Waals surface area (Å²) in [6.07, 6.45) is 0.253. The van der Waals surface area contributed by atoms with Crippen molar-refractivity contribution in [1.29, 1.82) is 0 Å². The zero-order chi connectivity index (χ0) is 15.2. The van der Waals surface area contributed by atoms with E-state index in [1.54, 1.807) is 45.0 Å². The third kappa shape index (κ3) is 5.73. The van der Waals surface area contributed by atoms with Crippen LogP contribution in [0.5, 0.6) is 0 Å². The maximum atomic E-state index is 11.6. The molecule has 0 saturated carbocycles. The van der Waals surface area contributed by atoms with E-state index in [2.05, 4.69) is 5.32 Å². The number of rotatable bonds is 4. The van der Waals surface area contributed by atoms with Crippen molar-refractivity contribution in [2.24, 2.45) is 0 Å². The number of amides is 1. The van der Waals surface area contributed by atoms with E-state index in [0.717, 1.165) is 6.42 Å². The molecule has 0 unspecified atom stereocenters. The van der Waals surface area contributed by atoms with Crippen LogP contribution in [0.4, 0.5) is 10.5 Å². The van der Waals surface area contributed by atoms with Gasteiger partial charge in [-0.3, -0.25) is 5.32 Å². The van der Waals surface area contributed by atoms with E-state index in [-0.39, 0.29) is 5.97 Å². The highest BCUT2D eigenvalue weighted by Crippen LogP contribution is 2.13. The predicted octanol–water partition coefficient (Wildman–Crippen LogP) is 3.60. The molecule has 0 aliphatic heterocycles. The number of carbonyl (C=O) groups is 2. The van der Waals surface area contributed by atoms with Gasteiger partial charge in [0.25, 0.3) is 0 Å². The van der Waals surface area contributed by atoms with E-state index in [9.17, 15) is 9.59 Å². The van der Waals surface area contributed by atoms with Crippen molar-refractivity contribution in [2.45, 2.75) is 39.7 Å². The van der Waals surface area contributed by atoms with Gasteiger partial charge in [0.1, 0.15) is 5.60 Å². The van der Waals surface area contributed by atoms with Gasteiger partial charge < -0.3 is 9.47 Å². The molecule has 5 heteroatoms. The Kier molecular flexibility index (Phi) is 5.55. The van der Waals surface area contributed by atoms with Crippen LogP contribution in [-0.4, -0.2) is 24.3 Å². The zero-order valence-electron chi connectivity index (χ0n) is 12.4. The highest BCUT2D eigenvalue weighted by molar-refractivity contribution is 5.91. The van der Waals surface area contributed by atoms with Crippen molar-refractivity contribution in [3.8, 4) is 0 Å². The molecule has 0 spiro atoms. The fourth-order valence-electron chi connectivity index (χ4n) is 1.39. The number of nitrogens with one attached hydrogen (secondary N) is 1. The minimum absolute atomic E-state index is 0.365. The summed E-state index contributed by atoms with van der Waals surface area (Å²) in [7, 11) is 0. The van der Waals surface area contributed by atoms with Crippen LogP contribution in [0.1, 0.15) is 44.5 Å². The van der Waals surface area contributed by atoms with E-state index in [0.29, 0.717) is 17.9 Å². The van der Waals surface area contributed by atoms with Gasteiger partial charge in [-0.2, -0.15) is 0 Å². The van der Waals surface area contributed by atoms with Gasteiger partial charge in [0, 0.05) is 5.69 Å². The van der Waals surface area contributed by atoms with Crippen LogP contribution < -0.4 is 5.32 Å². The molecule has 0 bridgehead atoms. The lowest BCUT2D eigenvalue weighted by Crippen LogP contribution is -2.27. The van der Waals surface area contributed by atoms with Gasteiger partial charge in [-0.05, 0) is 51.5 Å². The highest BCUT2D eigenvalue weighted by atomic mass is 16.6. The van der Waals surface area contributed by atoms with Gasteiger partial charge in [0.05, 0.1) is 12.2 Å². The maximum absolute atomic E-state index is 11.6. The summed E-state index contributed by atoms with van der Waals surface area (Å²) in [5.74, 6) is -0.365. The van der Waals surface area contributed by atoms with Crippen LogP contribution in [0.2, 0.25) is 0 Å². The monoisotopic (exact) mass is 279 g/mol. The fourth-order valence-corrected chi connectivity index (χ4v) is 1.39. The van der Waals surface area contributed by atoms with Gasteiger partial charge in [-0.1, -0.05) is 6.92 Å². The first kappa shape index (κ1) is 16.0. The second-order valence-electron chi connectivity index (χ2n) is 5.34. The molecule has 1 aromatic rings. The van der Waals surface area contributed by atoms with Crippen LogP contribution in [0, 0.1) is 0 Å². The summed E-state index contributed by atoms with van der Waals surface area (Å²) < 4.78 is 10.1. The molecule has 1 rings (SSSR count). The zero-order valence-corrected chi connectivity index (χ0v) is 12.4. The molecule has 0 aromatic heterocycles. The van der Waals surface area contributed by atoms with E-state index >= 15 is 0 Å². The minimum Gasteiger partial charge on any atom is -0.462 e. The van der Waals surface area contributed by atoms with Crippen LogP contribution in [-0.2, 0) is 9.47 Å². The molecule has 0 heterocycles. The summed E-state index contributed by atoms with van der Waals surface area (Å²) in [6.45, 7) is 7.70. The maximum Gasteiger partial charge on any atom is 0.412 e. The standard InChI is InChI=1S/C15H21NO4/c1-5-10-19-13(17)11-6-8-12(9-7-11)16-14(18)20-15(2,3)4/h6-9H,5,10H2,1-4H3,(H,16,18). The predicted molar refractivity (Wildman–Crippen MR) is 76.9 cm³/mol. The molecule has 1 amide bonds. The second-order valence-corrected chi connectivity index (χ2v) is 5.34. The Bertz CT molecular complexity index is 460. The lowest BCUT2D eigenvalue weighted by Gasteiger charge is -2.19. The van der Waals surface area contributed by atoms with E-state index in [4.69, 9.17) is 9.47 Å². The number of hydrogen-bond donors (Lipinski definition) is 1. The lowest BCUT2D eigenvalue weighted by atomic mass is 10.2. The molecule has 0 saturated heterocycles. The average Bonchev–Trinajstić information content (AvgIpc) is 2.34. The number of esters is 1. The van der Waals surface area contributed by atoms with Crippen LogP contribution in [0.15, 0.2) is 24.3 Å². The molecule has 110 valence electrons. The van der Waals surface area contributed by atoms with Gasteiger partial charge >= 0.3 is 12.1 Å². The SMILES string of the molecule is CCCOC(=O)c1ccc(NC(=O)OC(C)(C)C)cc1. The van der Waals surface area contributed by atoms with Gasteiger partial charge in [0.2, 0.25) is 0 Å². The Hall–Kier alpha value is -2.04. The molecule has 20 heavy (non-hydrogen) atoms. The molecular weight excluding hydrogens is 258 g/mol. The molecule has 0 radical (unpaired) electrons. The molecule has 0 atom stereocenters. The average molecular weight is 279 g/mol. The molecule has 0 fully saturated rings. The molecule has 5 nitrogen and oxygen atoms in total. The minimum atomic E-state index is -0.548. The largest absolute Gasteiger partial charge is 0.462 e. The Morgan fingerprint density at radius 3 is 2.25 bits per heavy atom. The Labute approximate surface area is 119 Å². The summed E-state index contributed by atoms with van der Waals surface area (Å²) in [4.78, 5) is 23.2. The Balaban J connectivity index is 2.58. The number of carbonyl (C=O) groups excluding carboxylic acids is 2. The fraction of sp³-hybridized carbons (Fsp3) is 0.467. The van der Waals surface area contributed by atoms with Crippen molar-refractivity contribution in [1.82, 2.24) is 0 Å². The van der Waals surface area contributed by atoms with E-state index < -0.39 is 11.7 Å². The number of hydrogen-bond acceptors (Lipinski definition) is 4. The quantitative estimate of drug-likeness (QED) is 0.855. The molecule has 0 aliphatic rings. The normalized spacial score (nSPS) is 10.8. The van der Waals surface area contributed by atoms with Crippen LogP contribution in [0.25, 0.3) is 0 Å². The first-order valence-electron chi connectivity index (χ1n) is 6.59. The van der Waals surface area contributed by atoms with E-state index in [1.165, 1.54) is 0 Å². The van der Waals surface area contributed by atoms with Gasteiger partial charge in [-0.25, -0.2) is 9.59 Å². The van der Waals surface area contributed by atoms with Crippen molar-refractivity contribution < 1.29 is 19.1 Å². The Morgan fingerprint density at radius 1 is 1.15 bits per heavy atom. The molecule has 1 aromatic carbocycles. The lowest BCUT2D eigenvalue weighted by molar-refractivity contribution is 0.0504. The molecular formula is C15H21NO4. The number of anilines is 1. The highest BCUT2D eigenvalue weighted by Gasteiger charge is 2.16. The third-order valence-corrected chi connectivity index (χ3v) is 2.20. The molecule has 1 N–H and O–H groups in total. The van der Waals surface area contributed by atoms with Crippen molar-refractivity contribution in [3.63, 3.8) is 0 Å². The summed E-state index contributed by atoms with van der Waals surface area (Å²) >= 11 is 0.